The lowest BCUT2D eigenvalue weighted by Crippen LogP contribution is -2.15. The van der Waals surface area contributed by atoms with E-state index in [4.69, 9.17) is 14.6 Å². The first kappa shape index (κ1) is 6.99. The molecule has 1 saturated heterocycles. The van der Waals surface area contributed by atoms with Crippen LogP contribution in [0.2, 0.25) is 0 Å². The Morgan fingerprint density at radius 3 is 2.78 bits per heavy atom. The van der Waals surface area contributed by atoms with Crippen molar-refractivity contribution >= 4 is 0 Å². The number of ether oxygens (including phenoxy) is 2. The van der Waals surface area contributed by atoms with E-state index in [1.807, 2.05) is 6.92 Å². The van der Waals surface area contributed by atoms with Gasteiger partial charge in [-0.25, -0.2) is 0 Å². The molecule has 3 nitrogen and oxygen atoms in total. The Balaban J connectivity index is 2.20. The second-order valence-corrected chi connectivity index (χ2v) is 2.11. The van der Waals surface area contributed by atoms with Gasteiger partial charge in [0.15, 0.2) is 6.29 Å². The zero-order chi connectivity index (χ0) is 6.69. The standard InChI is InChI=1S/C6H12O3/c1-2-6-8-4-5(3-7)9-6/h5-7H,2-4H2,1H3. The molecule has 0 aliphatic carbocycles. The van der Waals surface area contributed by atoms with Crippen LogP contribution in [-0.2, 0) is 9.47 Å². The third kappa shape index (κ3) is 1.64. The molecule has 1 aliphatic rings. The lowest BCUT2D eigenvalue weighted by Gasteiger charge is -2.05. The second-order valence-electron chi connectivity index (χ2n) is 2.11. The van der Waals surface area contributed by atoms with E-state index in [1.54, 1.807) is 0 Å². The summed E-state index contributed by atoms with van der Waals surface area (Å²) in [7, 11) is 0. The first-order chi connectivity index (χ1) is 4.36. The molecule has 1 aliphatic heterocycles. The van der Waals surface area contributed by atoms with Gasteiger partial charge in [0.1, 0.15) is 6.10 Å². The Morgan fingerprint density at radius 1 is 1.67 bits per heavy atom. The minimum absolute atomic E-state index is 0.0660. The molecule has 0 saturated carbocycles. The van der Waals surface area contributed by atoms with E-state index in [-0.39, 0.29) is 19.0 Å². The van der Waals surface area contributed by atoms with Gasteiger partial charge in [-0.1, -0.05) is 6.92 Å². The van der Waals surface area contributed by atoms with Gasteiger partial charge in [-0.2, -0.15) is 0 Å². The van der Waals surface area contributed by atoms with E-state index in [0.29, 0.717) is 6.61 Å². The predicted molar refractivity (Wildman–Crippen MR) is 32.0 cm³/mol. The number of hydrogen-bond donors (Lipinski definition) is 1. The smallest absolute Gasteiger partial charge is 0.158 e. The molecule has 2 atom stereocenters. The Bertz CT molecular complexity index is 74.4. The monoisotopic (exact) mass is 132 g/mol. The molecular weight excluding hydrogens is 120 g/mol. The average Bonchev–Trinajstić information content (AvgIpc) is 2.34. The van der Waals surface area contributed by atoms with Crippen molar-refractivity contribution in [1.29, 1.82) is 0 Å². The molecule has 54 valence electrons. The summed E-state index contributed by atoms with van der Waals surface area (Å²) in [6, 6.07) is 0. The fourth-order valence-corrected chi connectivity index (χ4v) is 0.818. The van der Waals surface area contributed by atoms with Crippen molar-refractivity contribution in [2.45, 2.75) is 25.7 Å². The van der Waals surface area contributed by atoms with Crippen LogP contribution in [0, 0.1) is 0 Å². The van der Waals surface area contributed by atoms with Crippen molar-refractivity contribution in [2.24, 2.45) is 0 Å². The molecule has 9 heavy (non-hydrogen) atoms. The van der Waals surface area contributed by atoms with Crippen LogP contribution in [0.25, 0.3) is 0 Å². The maximum atomic E-state index is 8.57. The maximum absolute atomic E-state index is 8.57. The van der Waals surface area contributed by atoms with Gasteiger partial charge in [-0.15, -0.1) is 0 Å². The van der Waals surface area contributed by atoms with Gasteiger partial charge in [0.05, 0.1) is 13.2 Å². The maximum Gasteiger partial charge on any atom is 0.158 e. The largest absolute Gasteiger partial charge is 0.394 e. The molecule has 1 heterocycles. The lowest BCUT2D eigenvalue weighted by molar-refractivity contribution is -0.0659. The summed E-state index contributed by atoms with van der Waals surface area (Å²) in [5.41, 5.74) is 0. The van der Waals surface area contributed by atoms with Gasteiger partial charge >= 0.3 is 0 Å². The van der Waals surface area contributed by atoms with Gasteiger partial charge in [-0.05, 0) is 6.42 Å². The van der Waals surface area contributed by atoms with Crippen LogP contribution in [0.1, 0.15) is 13.3 Å². The highest BCUT2D eigenvalue weighted by atomic mass is 16.7. The number of hydrogen-bond acceptors (Lipinski definition) is 3. The Kier molecular flexibility index (Phi) is 2.45. The van der Waals surface area contributed by atoms with Crippen molar-refractivity contribution < 1.29 is 14.6 Å². The highest BCUT2D eigenvalue weighted by Gasteiger charge is 2.22. The number of rotatable bonds is 2. The Labute approximate surface area is 54.6 Å². The van der Waals surface area contributed by atoms with E-state index < -0.39 is 0 Å². The van der Waals surface area contributed by atoms with E-state index in [2.05, 4.69) is 0 Å². The van der Waals surface area contributed by atoms with Crippen LogP contribution in [0.3, 0.4) is 0 Å². The van der Waals surface area contributed by atoms with E-state index in [0.717, 1.165) is 6.42 Å². The van der Waals surface area contributed by atoms with Crippen LogP contribution in [0.5, 0.6) is 0 Å². The molecule has 1 N–H and O–H groups in total. The summed E-state index contributed by atoms with van der Waals surface area (Å²) in [6.07, 6.45) is 0.688. The number of aliphatic hydroxyl groups excluding tert-OH is 1. The zero-order valence-electron chi connectivity index (χ0n) is 5.54. The van der Waals surface area contributed by atoms with Crippen molar-refractivity contribution in [1.82, 2.24) is 0 Å². The third-order valence-electron chi connectivity index (χ3n) is 1.35. The van der Waals surface area contributed by atoms with Crippen molar-refractivity contribution in [3.63, 3.8) is 0 Å². The Morgan fingerprint density at radius 2 is 2.44 bits per heavy atom. The predicted octanol–water partition coefficient (Wildman–Crippen LogP) is 0.130. The molecule has 0 aromatic carbocycles. The summed E-state index contributed by atoms with van der Waals surface area (Å²) in [4.78, 5) is 0. The molecule has 0 spiro atoms. The molecule has 0 bridgehead atoms. The zero-order valence-corrected chi connectivity index (χ0v) is 5.54. The SMILES string of the molecule is CCC1OCC(CO)O1. The molecule has 0 aromatic heterocycles. The highest BCUT2D eigenvalue weighted by molar-refractivity contribution is 4.61. The van der Waals surface area contributed by atoms with Crippen LogP contribution in [0.4, 0.5) is 0 Å². The first-order valence-electron chi connectivity index (χ1n) is 3.24. The highest BCUT2D eigenvalue weighted by Crippen LogP contribution is 2.12. The summed E-state index contributed by atoms with van der Waals surface area (Å²) >= 11 is 0. The van der Waals surface area contributed by atoms with Gasteiger partial charge < -0.3 is 14.6 Å². The van der Waals surface area contributed by atoms with Crippen molar-refractivity contribution in [2.75, 3.05) is 13.2 Å². The minimum Gasteiger partial charge on any atom is -0.394 e. The molecular formula is C6H12O3. The molecule has 0 radical (unpaired) electrons. The number of aliphatic hydroxyl groups is 1. The topological polar surface area (TPSA) is 38.7 Å². The van der Waals surface area contributed by atoms with Crippen LogP contribution < -0.4 is 0 Å². The molecule has 0 amide bonds. The lowest BCUT2D eigenvalue weighted by atomic mass is 10.4. The summed E-state index contributed by atoms with van der Waals surface area (Å²) in [5.74, 6) is 0. The second kappa shape index (κ2) is 3.15. The molecule has 3 heteroatoms. The quantitative estimate of drug-likeness (QED) is 0.580. The van der Waals surface area contributed by atoms with Gasteiger partial charge in [0.2, 0.25) is 0 Å². The fourth-order valence-electron chi connectivity index (χ4n) is 0.818. The summed E-state index contributed by atoms with van der Waals surface area (Å²) in [6.45, 7) is 2.59. The molecule has 2 unspecified atom stereocenters. The van der Waals surface area contributed by atoms with Gasteiger partial charge in [0, 0.05) is 0 Å². The molecule has 1 rings (SSSR count). The van der Waals surface area contributed by atoms with E-state index >= 15 is 0 Å². The molecule has 0 aromatic rings. The van der Waals surface area contributed by atoms with E-state index in [1.165, 1.54) is 0 Å². The normalized spacial score (nSPS) is 35.3. The molecule has 1 fully saturated rings. The van der Waals surface area contributed by atoms with Crippen LogP contribution >= 0.6 is 0 Å². The minimum atomic E-state index is -0.0880. The average molecular weight is 132 g/mol. The van der Waals surface area contributed by atoms with Crippen molar-refractivity contribution in [3.05, 3.63) is 0 Å². The van der Waals surface area contributed by atoms with Crippen LogP contribution in [0.15, 0.2) is 0 Å². The van der Waals surface area contributed by atoms with Crippen molar-refractivity contribution in [3.8, 4) is 0 Å². The van der Waals surface area contributed by atoms with Gasteiger partial charge in [-0.3, -0.25) is 0 Å². The van der Waals surface area contributed by atoms with E-state index in [9.17, 15) is 0 Å². The fraction of sp³-hybridized carbons (Fsp3) is 1.00. The summed E-state index contributed by atoms with van der Waals surface area (Å²) < 4.78 is 10.3. The van der Waals surface area contributed by atoms with Gasteiger partial charge in [0.25, 0.3) is 0 Å². The van der Waals surface area contributed by atoms with Crippen LogP contribution in [-0.4, -0.2) is 30.7 Å². The summed E-state index contributed by atoms with van der Waals surface area (Å²) in [5, 5.41) is 8.57. The Hall–Kier alpha value is -0.120. The third-order valence-corrected chi connectivity index (χ3v) is 1.35. The first-order valence-corrected chi connectivity index (χ1v) is 3.24.